The lowest BCUT2D eigenvalue weighted by Gasteiger charge is -2.28. The molecule has 0 fully saturated rings. The molecule has 0 spiro atoms. The smallest absolute Gasteiger partial charge is 0.330 e. The van der Waals surface area contributed by atoms with E-state index in [9.17, 15) is 14.4 Å². The molecule has 0 bridgehead atoms. The van der Waals surface area contributed by atoms with E-state index in [1.165, 1.54) is 14.1 Å². The van der Waals surface area contributed by atoms with Crippen LogP contribution < -0.4 is 21.9 Å². The highest BCUT2D eigenvalue weighted by Crippen LogP contribution is 2.22. The van der Waals surface area contributed by atoms with E-state index in [0.29, 0.717) is 6.54 Å². The first-order valence-electron chi connectivity index (χ1n) is 9.06. The van der Waals surface area contributed by atoms with Crippen LogP contribution in [0.25, 0.3) is 0 Å². The maximum absolute atomic E-state index is 13.2. The monoisotopic (exact) mass is 376 g/mol. The fourth-order valence-corrected chi connectivity index (χ4v) is 2.89. The van der Waals surface area contributed by atoms with Crippen molar-refractivity contribution in [3.63, 3.8) is 0 Å². The van der Waals surface area contributed by atoms with Crippen LogP contribution in [-0.2, 0) is 11.3 Å². The minimum absolute atomic E-state index is 0.000819. The van der Waals surface area contributed by atoms with Gasteiger partial charge in [0.25, 0.3) is 11.5 Å². The molecule has 2 heterocycles. The molecule has 0 radical (unpaired) electrons. The number of carbonyl (C=O) groups excluding carboxylic acids is 1. The third-order valence-electron chi connectivity index (χ3n) is 4.12. The van der Waals surface area contributed by atoms with E-state index < -0.39 is 17.3 Å². The third kappa shape index (κ3) is 4.47. The van der Waals surface area contributed by atoms with Crippen molar-refractivity contribution in [2.45, 2.75) is 47.2 Å². The molecule has 0 saturated carbocycles. The van der Waals surface area contributed by atoms with Crippen LogP contribution in [0.3, 0.4) is 0 Å². The molecular formula is C18H28N6O3. The number of nitrogens with zero attached hydrogens (tertiary/aromatic N) is 4. The summed E-state index contributed by atoms with van der Waals surface area (Å²) in [6.07, 6.45) is 3.27. The number of amides is 1. The summed E-state index contributed by atoms with van der Waals surface area (Å²) in [4.78, 5) is 41.6. The molecule has 2 aromatic rings. The Kier molecular flexibility index (Phi) is 6.24. The van der Waals surface area contributed by atoms with E-state index in [-0.39, 0.29) is 35.8 Å². The number of nitrogen functional groups attached to an aromatic ring is 1. The topological polar surface area (TPSA) is 119 Å². The lowest BCUT2D eigenvalue weighted by molar-refractivity contribution is -0.121. The Balaban J connectivity index is 2.58. The first kappa shape index (κ1) is 20.5. The zero-order valence-corrected chi connectivity index (χ0v) is 16.5. The molecule has 2 rings (SSSR count). The number of hydrogen-bond acceptors (Lipinski definition) is 5. The van der Waals surface area contributed by atoms with Gasteiger partial charge in [0.1, 0.15) is 11.9 Å². The van der Waals surface area contributed by atoms with Crippen molar-refractivity contribution < 1.29 is 4.79 Å². The maximum atomic E-state index is 13.2. The van der Waals surface area contributed by atoms with Crippen LogP contribution in [0.1, 0.15) is 40.7 Å². The Morgan fingerprint density at radius 2 is 1.89 bits per heavy atom. The average molecular weight is 376 g/mol. The SMILES string of the molecule is CC(C)CN(C(=O)C(C)n1cccn1)c1c(N)n(CC(C)C)c(=O)[nH]c1=O. The van der Waals surface area contributed by atoms with Gasteiger partial charge in [0.05, 0.1) is 0 Å². The molecule has 1 unspecified atom stereocenters. The number of aromatic amines is 1. The van der Waals surface area contributed by atoms with Crippen LogP contribution in [0, 0.1) is 11.8 Å². The third-order valence-corrected chi connectivity index (χ3v) is 4.12. The van der Waals surface area contributed by atoms with Crippen molar-refractivity contribution in [3.05, 3.63) is 39.3 Å². The van der Waals surface area contributed by atoms with Gasteiger partial charge < -0.3 is 10.6 Å². The van der Waals surface area contributed by atoms with E-state index in [2.05, 4.69) is 10.1 Å². The molecule has 3 N–H and O–H groups in total. The van der Waals surface area contributed by atoms with Gasteiger partial charge in [0.15, 0.2) is 5.69 Å². The van der Waals surface area contributed by atoms with E-state index in [0.717, 1.165) is 0 Å². The zero-order valence-electron chi connectivity index (χ0n) is 16.5. The first-order valence-corrected chi connectivity index (χ1v) is 9.06. The molecule has 148 valence electrons. The van der Waals surface area contributed by atoms with Gasteiger partial charge in [0.2, 0.25) is 0 Å². The number of aromatic nitrogens is 4. The molecule has 2 aromatic heterocycles. The number of rotatable bonds is 7. The summed E-state index contributed by atoms with van der Waals surface area (Å²) >= 11 is 0. The van der Waals surface area contributed by atoms with Gasteiger partial charge in [-0.3, -0.25) is 23.8 Å². The molecule has 27 heavy (non-hydrogen) atoms. The number of hydrogen-bond donors (Lipinski definition) is 2. The first-order chi connectivity index (χ1) is 12.6. The van der Waals surface area contributed by atoms with Gasteiger partial charge in [-0.05, 0) is 24.8 Å². The summed E-state index contributed by atoms with van der Waals surface area (Å²) in [5.74, 6) is -0.0949. The van der Waals surface area contributed by atoms with Crippen molar-refractivity contribution >= 4 is 17.4 Å². The Labute approximate surface area is 157 Å². The van der Waals surface area contributed by atoms with Gasteiger partial charge in [-0.2, -0.15) is 5.10 Å². The van der Waals surface area contributed by atoms with Gasteiger partial charge in [0, 0.05) is 25.5 Å². The minimum atomic E-state index is -0.667. The molecule has 0 aliphatic rings. The summed E-state index contributed by atoms with van der Waals surface area (Å²) in [5.41, 5.74) is 4.96. The number of nitrogens with two attached hydrogens (primary N) is 1. The molecule has 0 aliphatic carbocycles. The Morgan fingerprint density at radius 1 is 1.22 bits per heavy atom. The van der Waals surface area contributed by atoms with Crippen LogP contribution >= 0.6 is 0 Å². The average Bonchev–Trinajstić information content (AvgIpc) is 3.10. The fraction of sp³-hybridized carbons (Fsp3) is 0.556. The summed E-state index contributed by atoms with van der Waals surface area (Å²) < 4.78 is 2.82. The van der Waals surface area contributed by atoms with E-state index in [4.69, 9.17) is 5.73 Å². The number of carbonyl (C=O) groups is 1. The Morgan fingerprint density at radius 3 is 2.41 bits per heavy atom. The largest absolute Gasteiger partial charge is 0.383 e. The quantitative estimate of drug-likeness (QED) is 0.753. The van der Waals surface area contributed by atoms with Crippen LogP contribution in [0.5, 0.6) is 0 Å². The summed E-state index contributed by atoms with van der Waals surface area (Å²) in [5, 5.41) is 4.11. The summed E-state index contributed by atoms with van der Waals surface area (Å²) in [6.45, 7) is 10.1. The van der Waals surface area contributed by atoms with E-state index in [1.807, 2.05) is 27.7 Å². The molecule has 0 aromatic carbocycles. The normalized spacial score (nSPS) is 12.6. The highest BCUT2D eigenvalue weighted by atomic mass is 16.2. The Bertz CT molecular complexity index is 895. The van der Waals surface area contributed by atoms with Crippen LogP contribution in [0.4, 0.5) is 11.5 Å². The van der Waals surface area contributed by atoms with Crippen molar-refractivity contribution in [2.75, 3.05) is 17.2 Å². The standard InChI is InChI=1S/C18H28N6O3/c1-11(2)9-22(17(26)13(5)24-8-6-7-20-24)14-15(19)23(10-12(3)4)18(27)21-16(14)25/h6-8,11-13H,9-10,19H2,1-5H3,(H,21,25,27). The molecular weight excluding hydrogens is 348 g/mol. The van der Waals surface area contributed by atoms with Crippen LogP contribution in [-0.4, -0.2) is 31.8 Å². The number of nitrogens with one attached hydrogen (secondary N) is 1. The highest BCUT2D eigenvalue weighted by molar-refractivity contribution is 5.97. The van der Waals surface area contributed by atoms with Crippen molar-refractivity contribution in [1.82, 2.24) is 19.3 Å². The molecule has 1 atom stereocenters. The van der Waals surface area contributed by atoms with E-state index >= 15 is 0 Å². The lowest BCUT2D eigenvalue weighted by atomic mass is 10.1. The summed E-state index contributed by atoms with van der Waals surface area (Å²) in [7, 11) is 0. The number of H-pyrrole nitrogens is 1. The van der Waals surface area contributed by atoms with E-state index in [1.54, 1.807) is 25.4 Å². The molecule has 0 aliphatic heterocycles. The molecule has 1 amide bonds. The second kappa shape index (κ2) is 8.24. The zero-order chi connectivity index (χ0) is 20.3. The maximum Gasteiger partial charge on any atom is 0.330 e. The van der Waals surface area contributed by atoms with Crippen LogP contribution in [0.2, 0.25) is 0 Å². The van der Waals surface area contributed by atoms with Crippen LogP contribution in [0.15, 0.2) is 28.0 Å². The molecule has 0 saturated heterocycles. The van der Waals surface area contributed by atoms with Gasteiger partial charge in [-0.15, -0.1) is 0 Å². The Hall–Kier alpha value is -2.84. The predicted octanol–water partition coefficient (Wildman–Crippen LogP) is 1.22. The number of anilines is 2. The van der Waals surface area contributed by atoms with Gasteiger partial charge in [-0.25, -0.2) is 4.79 Å². The molecule has 9 nitrogen and oxygen atoms in total. The van der Waals surface area contributed by atoms with Crippen molar-refractivity contribution in [3.8, 4) is 0 Å². The fourth-order valence-electron chi connectivity index (χ4n) is 2.89. The molecule has 9 heteroatoms. The van der Waals surface area contributed by atoms with Gasteiger partial charge >= 0.3 is 5.69 Å². The lowest BCUT2D eigenvalue weighted by Crippen LogP contribution is -2.45. The highest BCUT2D eigenvalue weighted by Gasteiger charge is 2.29. The van der Waals surface area contributed by atoms with Crippen molar-refractivity contribution in [1.29, 1.82) is 0 Å². The second-order valence-corrected chi connectivity index (χ2v) is 7.50. The van der Waals surface area contributed by atoms with Gasteiger partial charge in [-0.1, -0.05) is 27.7 Å². The predicted molar refractivity (Wildman–Crippen MR) is 105 cm³/mol. The summed E-state index contributed by atoms with van der Waals surface area (Å²) in [6, 6.07) is 1.10. The second-order valence-electron chi connectivity index (χ2n) is 7.50. The minimum Gasteiger partial charge on any atom is -0.383 e. The van der Waals surface area contributed by atoms with Crippen molar-refractivity contribution in [2.24, 2.45) is 11.8 Å².